The Morgan fingerprint density at radius 3 is 2.62 bits per heavy atom. The minimum absolute atomic E-state index is 0. The van der Waals surface area contributed by atoms with Crippen LogP contribution in [0.15, 0.2) is 18.2 Å². The third-order valence-corrected chi connectivity index (χ3v) is 5.49. The second-order valence-electron chi connectivity index (χ2n) is 5.22. The number of halogens is 1. The zero-order chi connectivity index (χ0) is 14.9. The molecule has 0 saturated carbocycles. The van der Waals surface area contributed by atoms with Gasteiger partial charge in [-0.15, -0.1) is 12.4 Å². The van der Waals surface area contributed by atoms with Crippen molar-refractivity contribution in [3.8, 4) is 0 Å². The predicted octanol–water partition coefficient (Wildman–Crippen LogP) is 1.65. The van der Waals surface area contributed by atoms with Crippen LogP contribution in [0.5, 0.6) is 0 Å². The van der Waals surface area contributed by atoms with Gasteiger partial charge in [-0.1, -0.05) is 6.07 Å². The molecule has 1 aromatic carbocycles. The number of nitrogens with two attached hydrogens (primary N) is 1. The number of carbonyl (C=O) groups excluding carboxylic acids is 1. The lowest BCUT2D eigenvalue weighted by Crippen LogP contribution is -2.41. The van der Waals surface area contributed by atoms with E-state index in [1.807, 2.05) is 19.9 Å². The monoisotopic (exact) mass is 332 g/mol. The van der Waals surface area contributed by atoms with Gasteiger partial charge < -0.3 is 10.6 Å². The Labute approximate surface area is 131 Å². The number of hydrogen-bond acceptors (Lipinski definition) is 4. The van der Waals surface area contributed by atoms with Crippen molar-refractivity contribution in [2.75, 3.05) is 23.8 Å². The highest BCUT2D eigenvalue weighted by Gasteiger charge is 2.34. The van der Waals surface area contributed by atoms with E-state index in [-0.39, 0.29) is 35.9 Å². The van der Waals surface area contributed by atoms with E-state index in [0.29, 0.717) is 24.2 Å². The maximum Gasteiger partial charge on any atom is 0.254 e. The number of nitrogens with zero attached hydrogens (tertiary/aromatic N) is 1. The number of anilines is 1. The lowest BCUT2D eigenvalue weighted by atomic mass is 10.1. The molecule has 7 heteroatoms. The molecule has 21 heavy (non-hydrogen) atoms. The molecule has 2 rings (SSSR count). The Bertz CT molecular complexity index is 631. The molecule has 1 aliphatic rings. The summed E-state index contributed by atoms with van der Waals surface area (Å²) in [5.74, 6) is 0.0880. The first kappa shape index (κ1) is 17.8. The van der Waals surface area contributed by atoms with Crippen LogP contribution < -0.4 is 5.73 Å². The van der Waals surface area contributed by atoms with E-state index in [1.165, 1.54) is 0 Å². The molecule has 1 unspecified atom stereocenters. The highest BCUT2D eigenvalue weighted by atomic mass is 35.5. The highest BCUT2D eigenvalue weighted by Crippen LogP contribution is 2.22. The molecule has 1 amide bonds. The third-order valence-electron chi connectivity index (χ3n) is 3.74. The summed E-state index contributed by atoms with van der Waals surface area (Å²) in [6, 6.07) is 4.99. The molecule has 1 aromatic rings. The fourth-order valence-electron chi connectivity index (χ4n) is 2.61. The van der Waals surface area contributed by atoms with Crippen molar-refractivity contribution in [3.05, 3.63) is 29.3 Å². The molecular formula is C14H21ClN2O3S. The second-order valence-corrected chi connectivity index (χ2v) is 7.45. The first-order valence-electron chi connectivity index (χ1n) is 6.71. The van der Waals surface area contributed by atoms with Crippen LogP contribution in [-0.2, 0) is 9.84 Å². The van der Waals surface area contributed by atoms with Crippen molar-refractivity contribution in [3.63, 3.8) is 0 Å². The van der Waals surface area contributed by atoms with E-state index in [2.05, 4.69) is 0 Å². The SMILES string of the molecule is CCN(C(=O)c1cc(N)ccc1C)C1CCS(=O)(=O)C1.Cl. The smallest absolute Gasteiger partial charge is 0.254 e. The Hall–Kier alpha value is -1.27. The van der Waals surface area contributed by atoms with Crippen molar-refractivity contribution >= 4 is 33.8 Å². The zero-order valence-corrected chi connectivity index (χ0v) is 13.8. The number of nitrogen functional groups attached to an aromatic ring is 1. The molecule has 0 aliphatic carbocycles. The van der Waals surface area contributed by atoms with E-state index in [0.717, 1.165) is 5.56 Å². The van der Waals surface area contributed by atoms with Gasteiger partial charge in [-0.25, -0.2) is 8.42 Å². The standard InChI is InChI=1S/C14H20N2O3S.ClH/c1-3-16(12-6-7-20(18,19)9-12)14(17)13-8-11(15)5-4-10(13)2;/h4-5,8,12H,3,6-7,9,15H2,1-2H3;1H. The molecular weight excluding hydrogens is 312 g/mol. The summed E-state index contributed by atoms with van der Waals surface area (Å²) in [4.78, 5) is 14.3. The first-order valence-corrected chi connectivity index (χ1v) is 8.53. The third kappa shape index (κ3) is 3.89. The number of carbonyl (C=O) groups is 1. The molecule has 2 N–H and O–H groups in total. The number of amides is 1. The van der Waals surface area contributed by atoms with Crippen molar-refractivity contribution in [2.45, 2.75) is 26.3 Å². The van der Waals surface area contributed by atoms with Crippen molar-refractivity contribution in [1.82, 2.24) is 4.90 Å². The summed E-state index contributed by atoms with van der Waals surface area (Å²) in [5.41, 5.74) is 7.68. The molecule has 0 bridgehead atoms. The van der Waals surface area contributed by atoms with E-state index in [9.17, 15) is 13.2 Å². The molecule has 0 aromatic heterocycles. The Morgan fingerprint density at radius 1 is 1.43 bits per heavy atom. The largest absolute Gasteiger partial charge is 0.399 e. The Kier molecular flexibility index (Phi) is 5.64. The summed E-state index contributed by atoms with van der Waals surface area (Å²) in [5, 5.41) is 0. The van der Waals surface area contributed by atoms with E-state index >= 15 is 0 Å². The summed E-state index contributed by atoms with van der Waals surface area (Å²) < 4.78 is 23.2. The minimum Gasteiger partial charge on any atom is -0.399 e. The number of hydrogen-bond donors (Lipinski definition) is 1. The minimum atomic E-state index is -3.00. The van der Waals surface area contributed by atoms with Crippen molar-refractivity contribution in [1.29, 1.82) is 0 Å². The number of sulfone groups is 1. The molecule has 0 spiro atoms. The van der Waals surface area contributed by atoms with Crippen LogP contribution in [0.25, 0.3) is 0 Å². The zero-order valence-electron chi connectivity index (χ0n) is 12.2. The Morgan fingerprint density at radius 2 is 2.10 bits per heavy atom. The van der Waals surface area contributed by atoms with Crippen LogP contribution in [0.2, 0.25) is 0 Å². The normalized spacial score (nSPS) is 19.8. The predicted molar refractivity (Wildman–Crippen MR) is 86.6 cm³/mol. The van der Waals surface area contributed by atoms with Gasteiger partial charge in [0.1, 0.15) is 0 Å². The Balaban J connectivity index is 0.00000220. The van der Waals surface area contributed by atoms with Crippen molar-refractivity contribution < 1.29 is 13.2 Å². The van der Waals surface area contributed by atoms with Crippen LogP contribution in [-0.4, -0.2) is 43.3 Å². The highest BCUT2D eigenvalue weighted by molar-refractivity contribution is 7.91. The summed E-state index contributed by atoms with van der Waals surface area (Å²) >= 11 is 0. The lowest BCUT2D eigenvalue weighted by Gasteiger charge is -2.27. The van der Waals surface area contributed by atoms with Gasteiger partial charge in [0.05, 0.1) is 11.5 Å². The second kappa shape index (κ2) is 6.66. The molecule has 1 heterocycles. The topological polar surface area (TPSA) is 80.5 Å². The molecule has 118 valence electrons. The van der Waals surface area contributed by atoms with E-state index < -0.39 is 9.84 Å². The van der Waals surface area contributed by atoms with E-state index in [4.69, 9.17) is 5.73 Å². The van der Waals surface area contributed by atoms with E-state index in [1.54, 1.807) is 17.0 Å². The maximum absolute atomic E-state index is 12.6. The number of rotatable bonds is 3. The molecule has 0 radical (unpaired) electrons. The van der Waals surface area contributed by atoms with Crippen LogP contribution in [0.3, 0.4) is 0 Å². The van der Waals surface area contributed by atoms with Crippen LogP contribution >= 0.6 is 12.4 Å². The van der Waals surface area contributed by atoms with Gasteiger partial charge >= 0.3 is 0 Å². The fraction of sp³-hybridized carbons (Fsp3) is 0.500. The van der Waals surface area contributed by atoms with Crippen LogP contribution in [0.4, 0.5) is 5.69 Å². The van der Waals surface area contributed by atoms with Gasteiger partial charge in [-0.3, -0.25) is 4.79 Å². The van der Waals surface area contributed by atoms with Crippen LogP contribution in [0.1, 0.15) is 29.3 Å². The van der Waals surface area contributed by atoms with Gasteiger partial charge in [0.25, 0.3) is 5.91 Å². The van der Waals surface area contributed by atoms with Crippen molar-refractivity contribution in [2.24, 2.45) is 0 Å². The molecule has 1 aliphatic heterocycles. The number of aryl methyl sites for hydroxylation is 1. The average molecular weight is 333 g/mol. The molecule has 5 nitrogen and oxygen atoms in total. The van der Waals surface area contributed by atoms with Crippen LogP contribution in [0, 0.1) is 6.92 Å². The average Bonchev–Trinajstić information content (AvgIpc) is 2.73. The summed E-state index contributed by atoms with van der Waals surface area (Å²) in [7, 11) is -3.00. The van der Waals surface area contributed by atoms with Gasteiger partial charge in [0.15, 0.2) is 9.84 Å². The lowest BCUT2D eigenvalue weighted by molar-refractivity contribution is 0.0707. The summed E-state index contributed by atoms with van der Waals surface area (Å²) in [6.07, 6.45) is 0.517. The summed E-state index contributed by atoms with van der Waals surface area (Å²) in [6.45, 7) is 4.21. The molecule has 1 saturated heterocycles. The fourth-order valence-corrected chi connectivity index (χ4v) is 4.34. The van der Waals surface area contributed by atoms with Gasteiger partial charge in [0.2, 0.25) is 0 Å². The number of benzene rings is 1. The molecule has 1 atom stereocenters. The first-order chi connectivity index (χ1) is 9.34. The van der Waals surface area contributed by atoms with Gasteiger partial charge in [-0.05, 0) is 38.0 Å². The van der Waals surface area contributed by atoms with Gasteiger partial charge in [0, 0.05) is 23.8 Å². The van der Waals surface area contributed by atoms with Gasteiger partial charge in [-0.2, -0.15) is 0 Å². The molecule has 1 fully saturated rings. The quantitative estimate of drug-likeness (QED) is 0.853. The maximum atomic E-state index is 12.6.